The third kappa shape index (κ3) is 3.14. The second kappa shape index (κ2) is 7.19. The van der Waals surface area contributed by atoms with Crippen molar-refractivity contribution in [3.8, 4) is 0 Å². The quantitative estimate of drug-likeness (QED) is 0.692. The van der Waals surface area contributed by atoms with E-state index in [4.69, 9.17) is 4.98 Å². The number of hydrogen-bond acceptors (Lipinski definition) is 4. The number of piperidine rings is 1. The van der Waals surface area contributed by atoms with E-state index in [-0.39, 0.29) is 5.91 Å². The zero-order valence-corrected chi connectivity index (χ0v) is 16.1. The van der Waals surface area contributed by atoms with Crippen molar-refractivity contribution in [3.63, 3.8) is 0 Å². The van der Waals surface area contributed by atoms with Gasteiger partial charge in [0, 0.05) is 36.6 Å². The van der Waals surface area contributed by atoms with E-state index in [1.165, 1.54) is 4.88 Å². The summed E-state index contributed by atoms with van der Waals surface area (Å²) in [5, 5.41) is 0. The van der Waals surface area contributed by atoms with Gasteiger partial charge in [0.15, 0.2) is 5.65 Å². The first-order chi connectivity index (χ1) is 12.7. The highest BCUT2D eigenvalue weighted by atomic mass is 32.1. The fourth-order valence-electron chi connectivity index (χ4n) is 3.79. The number of pyridine rings is 1. The zero-order chi connectivity index (χ0) is 18.1. The molecule has 1 saturated heterocycles. The summed E-state index contributed by atoms with van der Waals surface area (Å²) < 4.78 is 2.33. The van der Waals surface area contributed by atoms with Crippen molar-refractivity contribution in [2.75, 3.05) is 13.1 Å². The van der Waals surface area contributed by atoms with Crippen molar-refractivity contribution in [2.24, 2.45) is 0 Å². The van der Waals surface area contributed by atoms with Crippen molar-refractivity contribution >= 4 is 28.4 Å². The predicted molar refractivity (Wildman–Crippen MR) is 105 cm³/mol. The minimum absolute atomic E-state index is 0.170. The number of likely N-dealkylation sites (tertiary alicyclic amines) is 1. The molecule has 0 spiro atoms. The van der Waals surface area contributed by atoms with Crippen LogP contribution in [0.2, 0.25) is 0 Å². The first-order valence-electron chi connectivity index (χ1n) is 9.35. The Kier molecular flexibility index (Phi) is 4.76. The standard InChI is InChI=1S/C20H24N4OS/c1-3-5-18-22-16-6-4-11-21-19(16)24(18)15-9-12-23(13-10-15)20(25)17-8-7-14(2)26-17/h4,6-8,11,15H,3,5,9-10,12-13H2,1-2H3. The highest BCUT2D eigenvalue weighted by molar-refractivity contribution is 7.13. The van der Waals surface area contributed by atoms with Crippen LogP contribution in [-0.2, 0) is 6.42 Å². The summed E-state index contributed by atoms with van der Waals surface area (Å²) in [5.74, 6) is 1.30. The Morgan fingerprint density at radius 2 is 2.08 bits per heavy atom. The van der Waals surface area contributed by atoms with Crippen LogP contribution in [0.1, 0.15) is 52.6 Å². The molecule has 136 valence electrons. The number of imidazole rings is 1. The molecule has 1 fully saturated rings. The van der Waals surface area contributed by atoms with Gasteiger partial charge in [-0.1, -0.05) is 6.92 Å². The number of hydrogen-bond donors (Lipinski definition) is 0. The maximum atomic E-state index is 12.7. The Balaban J connectivity index is 1.54. The second-order valence-corrected chi connectivity index (χ2v) is 8.22. The summed E-state index contributed by atoms with van der Waals surface area (Å²) in [6.45, 7) is 5.80. The first kappa shape index (κ1) is 17.2. The molecule has 26 heavy (non-hydrogen) atoms. The van der Waals surface area contributed by atoms with Crippen LogP contribution >= 0.6 is 11.3 Å². The molecule has 0 aromatic carbocycles. The molecule has 0 N–H and O–H groups in total. The van der Waals surface area contributed by atoms with Crippen molar-refractivity contribution in [3.05, 3.63) is 46.0 Å². The Morgan fingerprint density at radius 1 is 1.27 bits per heavy atom. The van der Waals surface area contributed by atoms with Crippen LogP contribution in [0.25, 0.3) is 11.2 Å². The monoisotopic (exact) mass is 368 g/mol. The number of thiophene rings is 1. The molecule has 1 amide bonds. The lowest BCUT2D eigenvalue weighted by atomic mass is 10.0. The summed E-state index contributed by atoms with van der Waals surface area (Å²) in [6.07, 6.45) is 5.78. The fourth-order valence-corrected chi connectivity index (χ4v) is 4.63. The first-order valence-corrected chi connectivity index (χ1v) is 10.2. The van der Waals surface area contributed by atoms with E-state index in [2.05, 4.69) is 16.5 Å². The van der Waals surface area contributed by atoms with E-state index in [1.807, 2.05) is 42.3 Å². The number of fused-ring (bicyclic) bond motifs is 1. The molecular formula is C20H24N4OS. The topological polar surface area (TPSA) is 51.0 Å². The molecule has 4 rings (SSSR count). The van der Waals surface area contributed by atoms with Gasteiger partial charge in [0.2, 0.25) is 0 Å². The Labute approximate surface area is 157 Å². The fraction of sp³-hybridized carbons (Fsp3) is 0.450. The lowest BCUT2D eigenvalue weighted by Crippen LogP contribution is -2.39. The van der Waals surface area contributed by atoms with Crippen LogP contribution < -0.4 is 0 Å². The Bertz CT molecular complexity index is 921. The average Bonchev–Trinajstić information content (AvgIpc) is 3.25. The third-order valence-electron chi connectivity index (χ3n) is 5.06. The minimum Gasteiger partial charge on any atom is -0.338 e. The Morgan fingerprint density at radius 3 is 2.77 bits per heavy atom. The molecule has 1 aliphatic rings. The predicted octanol–water partition coefficient (Wildman–Crippen LogP) is 4.23. The second-order valence-electron chi connectivity index (χ2n) is 6.93. The van der Waals surface area contributed by atoms with E-state index < -0.39 is 0 Å². The zero-order valence-electron chi connectivity index (χ0n) is 15.3. The highest BCUT2D eigenvalue weighted by Gasteiger charge is 2.27. The van der Waals surface area contributed by atoms with Gasteiger partial charge >= 0.3 is 0 Å². The smallest absolute Gasteiger partial charge is 0.263 e. The maximum absolute atomic E-state index is 12.7. The third-order valence-corrected chi connectivity index (χ3v) is 6.05. The molecule has 0 saturated carbocycles. The van der Waals surface area contributed by atoms with Crippen molar-refractivity contribution in [2.45, 2.75) is 45.6 Å². The summed E-state index contributed by atoms with van der Waals surface area (Å²) in [5.41, 5.74) is 1.96. The summed E-state index contributed by atoms with van der Waals surface area (Å²) in [7, 11) is 0. The van der Waals surface area contributed by atoms with E-state index in [1.54, 1.807) is 11.3 Å². The minimum atomic E-state index is 0.170. The molecule has 4 heterocycles. The van der Waals surface area contributed by atoms with Gasteiger partial charge in [0.05, 0.1) is 4.88 Å². The highest BCUT2D eigenvalue weighted by Crippen LogP contribution is 2.29. The lowest BCUT2D eigenvalue weighted by molar-refractivity contribution is 0.0700. The van der Waals surface area contributed by atoms with Crippen LogP contribution in [0.3, 0.4) is 0 Å². The molecule has 0 aliphatic carbocycles. The molecule has 0 atom stereocenters. The van der Waals surface area contributed by atoms with Crippen LogP contribution in [0, 0.1) is 6.92 Å². The van der Waals surface area contributed by atoms with E-state index in [9.17, 15) is 4.79 Å². The number of amides is 1. The largest absolute Gasteiger partial charge is 0.338 e. The van der Waals surface area contributed by atoms with E-state index in [0.717, 1.165) is 60.6 Å². The van der Waals surface area contributed by atoms with Gasteiger partial charge < -0.3 is 9.47 Å². The summed E-state index contributed by atoms with van der Waals surface area (Å²) in [6, 6.07) is 8.31. The number of nitrogens with zero attached hydrogens (tertiary/aromatic N) is 4. The summed E-state index contributed by atoms with van der Waals surface area (Å²) >= 11 is 1.58. The molecule has 0 bridgehead atoms. The molecule has 3 aromatic heterocycles. The SMILES string of the molecule is CCCc1nc2cccnc2n1C1CCN(C(=O)c2ccc(C)s2)CC1. The van der Waals surface area contributed by atoms with Crippen LogP contribution in [0.5, 0.6) is 0 Å². The van der Waals surface area contributed by atoms with Gasteiger partial charge in [-0.2, -0.15) is 0 Å². The summed E-state index contributed by atoms with van der Waals surface area (Å²) in [4.78, 5) is 26.1. The van der Waals surface area contributed by atoms with Gasteiger partial charge in [0.25, 0.3) is 5.91 Å². The van der Waals surface area contributed by atoms with Crippen LogP contribution in [0.4, 0.5) is 0 Å². The molecule has 3 aromatic rings. The van der Waals surface area contributed by atoms with Crippen molar-refractivity contribution < 1.29 is 4.79 Å². The van der Waals surface area contributed by atoms with Gasteiger partial charge in [-0.05, 0) is 50.5 Å². The van der Waals surface area contributed by atoms with Gasteiger partial charge in [-0.25, -0.2) is 9.97 Å². The molecule has 0 radical (unpaired) electrons. The Hall–Kier alpha value is -2.21. The van der Waals surface area contributed by atoms with E-state index in [0.29, 0.717) is 6.04 Å². The molecule has 6 heteroatoms. The molecule has 5 nitrogen and oxygen atoms in total. The van der Waals surface area contributed by atoms with E-state index >= 15 is 0 Å². The van der Waals surface area contributed by atoms with Gasteiger partial charge in [-0.15, -0.1) is 11.3 Å². The van der Waals surface area contributed by atoms with Crippen molar-refractivity contribution in [1.82, 2.24) is 19.4 Å². The van der Waals surface area contributed by atoms with Crippen molar-refractivity contribution in [1.29, 1.82) is 0 Å². The van der Waals surface area contributed by atoms with Crippen LogP contribution in [0.15, 0.2) is 30.5 Å². The molecule has 1 aliphatic heterocycles. The number of carbonyl (C=O) groups excluding carboxylic acids is 1. The van der Waals surface area contributed by atoms with Crippen LogP contribution in [-0.4, -0.2) is 38.4 Å². The van der Waals surface area contributed by atoms with Gasteiger partial charge in [-0.3, -0.25) is 4.79 Å². The maximum Gasteiger partial charge on any atom is 0.263 e. The molecule has 0 unspecified atom stereocenters. The average molecular weight is 369 g/mol. The van der Waals surface area contributed by atoms with Gasteiger partial charge in [0.1, 0.15) is 11.3 Å². The number of rotatable bonds is 4. The lowest BCUT2D eigenvalue weighted by Gasteiger charge is -2.33. The molecular weight excluding hydrogens is 344 g/mol. The number of aryl methyl sites for hydroxylation is 2. The number of carbonyl (C=O) groups is 1. The normalized spacial score (nSPS) is 15.7. The number of aromatic nitrogens is 3.